The van der Waals surface area contributed by atoms with Crippen molar-refractivity contribution < 1.29 is 27.1 Å². The summed E-state index contributed by atoms with van der Waals surface area (Å²) in [4.78, 5) is 27.8. The third-order valence-electron chi connectivity index (χ3n) is 5.12. The second-order valence-electron chi connectivity index (χ2n) is 7.28. The van der Waals surface area contributed by atoms with E-state index in [1.54, 1.807) is 31.2 Å². The van der Waals surface area contributed by atoms with Crippen LogP contribution in [0.2, 0.25) is 0 Å². The summed E-state index contributed by atoms with van der Waals surface area (Å²) in [6, 6.07) is 13.5. The number of hydrogen-bond acceptors (Lipinski definition) is 5. The fourth-order valence-corrected chi connectivity index (χ4v) is 4.75. The summed E-state index contributed by atoms with van der Waals surface area (Å²) in [6.07, 6.45) is -0.427. The van der Waals surface area contributed by atoms with Crippen molar-refractivity contribution in [2.24, 2.45) is 0 Å². The number of amides is 2. The molecule has 2 amide bonds. The van der Waals surface area contributed by atoms with Crippen LogP contribution in [0.15, 0.2) is 59.5 Å². The van der Waals surface area contributed by atoms with Gasteiger partial charge in [0.2, 0.25) is 15.9 Å². The number of sulfonamides is 1. The minimum atomic E-state index is -4.05. The van der Waals surface area contributed by atoms with Gasteiger partial charge in [0.25, 0.3) is 0 Å². The van der Waals surface area contributed by atoms with Gasteiger partial charge in [-0.3, -0.25) is 4.79 Å². The number of piperazine rings is 1. The zero-order valence-corrected chi connectivity index (χ0v) is 18.6. The van der Waals surface area contributed by atoms with Gasteiger partial charge in [-0.2, -0.15) is 4.31 Å². The van der Waals surface area contributed by atoms with Crippen molar-refractivity contribution in [3.8, 4) is 0 Å². The highest BCUT2D eigenvalue weighted by Crippen LogP contribution is 2.19. The quantitative estimate of drug-likeness (QED) is 0.629. The van der Waals surface area contributed by atoms with Crippen LogP contribution in [0.4, 0.5) is 9.18 Å². The molecule has 0 N–H and O–H groups in total. The molecule has 0 saturated carbocycles. The number of benzene rings is 2. The molecule has 0 radical (unpaired) electrons. The molecular weight excluding hydrogens is 437 g/mol. The smallest absolute Gasteiger partial charge is 0.409 e. The van der Waals surface area contributed by atoms with Gasteiger partial charge in [0.05, 0.1) is 18.0 Å². The number of nitrogens with zero attached hydrogens (tertiary/aromatic N) is 3. The monoisotopic (exact) mass is 463 g/mol. The Morgan fingerprint density at radius 1 is 0.969 bits per heavy atom. The van der Waals surface area contributed by atoms with E-state index in [1.807, 2.05) is 6.07 Å². The normalized spacial score (nSPS) is 14.5. The number of ether oxygens (including phenoxy) is 1. The maximum atomic E-state index is 13.3. The standard InChI is InChI=1S/C22H26FN3O5S/c1-2-31-22(28)25-14-12-24(13-15-25)21(27)17-26(16-18-6-4-3-5-7-18)32(29,30)20-10-8-19(23)9-11-20/h3-11H,2,12-17H2,1H3. The van der Waals surface area contributed by atoms with Crippen molar-refractivity contribution in [3.63, 3.8) is 0 Å². The number of rotatable bonds is 7. The second kappa shape index (κ2) is 10.6. The van der Waals surface area contributed by atoms with Gasteiger partial charge in [0.15, 0.2) is 0 Å². The van der Waals surface area contributed by atoms with E-state index in [4.69, 9.17) is 4.74 Å². The molecule has 32 heavy (non-hydrogen) atoms. The molecule has 1 aliphatic rings. The Kier molecular flexibility index (Phi) is 7.81. The maximum Gasteiger partial charge on any atom is 0.409 e. The van der Waals surface area contributed by atoms with Crippen LogP contribution in [0.3, 0.4) is 0 Å². The molecule has 1 heterocycles. The molecule has 0 aromatic heterocycles. The van der Waals surface area contributed by atoms with Crippen molar-refractivity contribution in [3.05, 3.63) is 66.0 Å². The van der Waals surface area contributed by atoms with E-state index in [0.29, 0.717) is 13.1 Å². The second-order valence-corrected chi connectivity index (χ2v) is 9.22. The van der Waals surface area contributed by atoms with Crippen LogP contribution in [-0.2, 0) is 26.1 Å². The van der Waals surface area contributed by atoms with Crippen LogP contribution in [-0.4, -0.2) is 73.9 Å². The Balaban J connectivity index is 1.75. The lowest BCUT2D eigenvalue weighted by Crippen LogP contribution is -2.53. The summed E-state index contributed by atoms with van der Waals surface area (Å²) in [5.41, 5.74) is 0.720. The molecule has 0 bridgehead atoms. The van der Waals surface area contributed by atoms with Gasteiger partial charge in [-0.1, -0.05) is 30.3 Å². The molecule has 0 spiro atoms. The predicted octanol–water partition coefficient (Wildman–Crippen LogP) is 2.32. The van der Waals surface area contributed by atoms with Gasteiger partial charge >= 0.3 is 6.09 Å². The average Bonchev–Trinajstić information content (AvgIpc) is 2.80. The van der Waals surface area contributed by atoms with Crippen LogP contribution in [0.5, 0.6) is 0 Å². The number of carbonyl (C=O) groups is 2. The maximum absolute atomic E-state index is 13.3. The summed E-state index contributed by atoms with van der Waals surface area (Å²) >= 11 is 0. The summed E-state index contributed by atoms with van der Waals surface area (Å²) in [7, 11) is -4.05. The van der Waals surface area contributed by atoms with Crippen molar-refractivity contribution in [2.45, 2.75) is 18.4 Å². The van der Waals surface area contributed by atoms with Crippen molar-refractivity contribution in [1.82, 2.24) is 14.1 Å². The Morgan fingerprint density at radius 2 is 1.56 bits per heavy atom. The predicted molar refractivity (Wildman–Crippen MR) is 116 cm³/mol. The van der Waals surface area contributed by atoms with E-state index < -0.39 is 21.9 Å². The zero-order chi connectivity index (χ0) is 23.1. The molecule has 3 rings (SSSR count). The van der Waals surface area contributed by atoms with E-state index in [0.717, 1.165) is 22.0 Å². The molecule has 8 nitrogen and oxygen atoms in total. The first kappa shape index (κ1) is 23.7. The van der Waals surface area contributed by atoms with Gasteiger partial charge in [-0.25, -0.2) is 17.6 Å². The van der Waals surface area contributed by atoms with Gasteiger partial charge in [-0.05, 0) is 36.8 Å². The van der Waals surface area contributed by atoms with Crippen molar-refractivity contribution in [1.29, 1.82) is 0 Å². The Morgan fingerprint density at radius 3 is 2.16 bits per heavy atom. The highest BCUT2D eigenvalue weighted by Gasteiger charge is 2.31. The van der Waals surface area contributed by atoms with Crippen LogP contribution < -0.4 is 0 Å². The molecule has 2 aromatic carbocycles. The summed E-state index contributed by atoms with van der Waals surface area (Å²) < 4.78 is 45.9. The third kappa shape index (κ3) is 5.83. The molecule has 0 aliphatic carbocycles. The SMILES string of the molecule is CCOC(=O)N1CCN(C(=O)CN(Cc2ccccc2)S(=O)(=O)c2ccc(F)cc2)CC1. The molecule has 0 unspecified atom stereocenters. The largest absolute Gasteiger partial charge is 0.450 e. The van der Waals surface area contributed by atoms with Gasteiger partial charge in [-0.15, -0.1) is 0 Å². The Bertz CT molecular complexity index is 1020. The van der Waals surface area contributed by atoms with E-state index >= 15 is 0 Å². The summed E-state index contributed by atoms with van der Waals surface area (Å²) in [6.45, 7) is 2.82. The first-order valence-electron chi connectivity index (χ1n) is 10.3. The lowest BCUT2D eigenvalue weighted by molar-refractivity contribution is -0.133. The molecule has 1 aliphatic heterocycles. The minimum absolute atomic E-state index is 0.00488. The highest BCUT2D eigenvalue weighted by molar-refractivity contribution is 7.89. The minimum Gasteiger partial charge on any atom is -0.450 e. The van der Waals surface area contributed by atoms with Crippen LogP contribution in [0, 0.1) is 5.82 Å². The fraction of sp³-hybridized carbons (Fsp3) is 0.364. The summed E-state index contributed by atoms with van der Waals surface area (Å²) in [5.74, 6) is -0.913. The van der Waals surface area contributed by atoms with E-state index in [9.17, 15) is 22.4 Å². The Hall–Kier alpha value is -2.98. The topological polar surface area (TPSA) is 87.2 Å². The van der Waals surface area contributed by atoms with Crippen LogP contribution in [0.25, 0.3) is 0 Å². The van der Waals surface area contributed by atoms with Gasteiger partial charge in [0.1, 0.15) is 5.82 Å². The molecule has 10 heteroatoms. The highest BCUT2D eigenvalue weighted by atomic mass is 32.2. The van der Waals surface area contributed by atoms with E-state index in [1.165, 1.54) is 21.9 Å². The molecule has 0 atom stereocenters. The number of hydrogen-bond donors (Lipinski definition) is 0. The molecule has 2 aromatic rings. The summed E-state index contributed by atoms with van der Waals surface area (Å²) in [5, 5.41) is 0. The number of carbonyl (C=O) groups excluding carboxylic acids is 2. The van der Waals surface area contributed by atoms with E-state index in [2.05, 4.69) is 0 Å². The fourth-order valence-electron chi connectivity index (χ4n) is 3.37. The zero-order valence-electron chi connectivity index (χ0n) is 17.8. The molecular formula is C22H26FN3O5S. The van der Waals surface area contributed by atoms with Crippen molar-refractivity contribution >= 4 is 22.0 Å². The van der Waals surface area contributed by atoms with Crippen molar-refractivity contribution in [2.75, 3.05) is 39.3 Å². The lowest BCUT2D eigenvalue weighted by Gasteiger charge is -2.35. The first-order chi connectivity index (χ1) is 15.3. The molecule has 1 fully saturated rings. The Labute approximate surface area is 187 Å². The van der Waals surface area contributed by atoms with E-state index in [-0.39, 0.29) is 43.6 Å². The van der Waals surface area contributed by atoms with Crippen LogP contribution in [0.1, 0.15) is 12.5 Å². The first-order valence-corrected chi connectivity index (χ1v) is 11.7. The molecule has 172 valence electrons. The number of halogens is 1. The van der Waals surface area contributed by atoms with Crippen LogP contribution >= 0.6 is 0 Å². The molecule has 1 saturated heterocycles. The van der Waals surface area contributed by atoms with Gasteiger partial charge < -0.3 is 14.5 Å². The average molecular weight is 464 g/mol. The lowest BCUT2D eigenvalue weighted by atomic mass is 10.2. The third-order valence-corrected chi connectivity index (χ3v) is 6.93. The van der Waals surface area contributed by atoms with Gasteiger partial charge in [0, 0.05) is 32.7 Å².